The van der Waals surface area contributed by atoms with Gasteiger partial charge in [-0.25, -0.2) is 0 Å². The number of aliphatic hydroxyl groups is 1. The summed E-state index contributed by atoms with van der Waals surface area (Å²) < 4.78 is 5.34. The normalized spacial score (nSPS) is 24.3. The van der Waals surface area contributed by atoms with Crippen LogP contribution in [-0.4, -0.2) is 23.9 Å². The van der Waals surface area contributed by atoms with Crippen molar-refractivity contribution in [3.05, 3.63) is 0 Å². The van der Waals surface area contributed by atoms with E-state index in [1.807, 2.05) is 0 Å². The number of aliphatic hydroxyl groups excluding tert-OH is 1. The Labute approximate surface area is 68.6 Å². The SMILES string of the molecule is CCCC(O)C1(OC)CCC1. The van der Waals surface area contributed by atoms with Crippen LogP contribution < -0.4 is 0 Å². The quantitative estimate of drug-likeness (QED) is 0.675. The zero-order valence-electron chi connectivity index (χ0n) is 7.47. The minimum absolute atomic E-state index is 0.171. The second-order valence-electron chi connectivity index (χ2n) is 3.43. The van der Waals surface area contributed by atoms with Gasteiger partial charge < -0.3 is 9.84 Å². The zero-order valence-corrected chi connectivity index (χ0v) is 7.47. The molecule has 1 N–H and O–H groups in total. The van der Waals surface area contributed by atoms with Gasteiger partial charge in [0.2, 0.25) is 0 Å². The number of methoxy groups -OCH3 is 1. The summed E-state index contributed by atoms with van der Waals surface area (Å²) in [6.45, 7) is 2.09. The highest BCUT2D eigenvalue weighted by Gasteiger charge is 2.42. The molecule has 0 radical (unpaired) electrons. The molecule has 0 amide bonds. The summed E-state index contributed by atoms with van der Waals surface area (Å²) in [5, 5.41) is 9.69. The van der Waals surface area contributed by atoms with E-state index in [1.54, 1.807) is 7.11 Å². The molecule has 1 rings (SSSR count). The summed E-state index contributed by atoms with van der Waals surface area (Å²) >= 11 is 0. The Bertz CT molecular complexity index is 113. The van der Waals surface area contributed by atoms with Gasteiger partial charge in [-0.15, -0.1) is 0 Å². The van der Waals surface area contributed by atoms with Gasteiger partial charge in [-0.2, -0.15) is 0 Å². The van der Waals surface area contributed by atoms with Gasteiger partial charge in [0.05, 0.1) is 11.7 Å². The maximum Gasteiger partial charge on any atom is 0.0936 e. The molecule has 2 heteroatoms. The maximum absolute atomic E-state index is 9.69. The highest BCUT2D eigenvalue weighted by Crippen LogP contribution is 2.39. The Kier molecular flexibility index (Phi) is 2.90. The van der Waals surface area contributed by atoms with Crippen LogP contribution in [0.4, 0.5) is 0 Å². The van der Waals surface area contributed by atoms with Crippen LogP contribution in [0.25, 0.3) is 0 Å². The molecule has 1 fully saturated rings. The van der Waals surface area contributed by atoms with Crippen LogP contribution in [0.5, 0.6) is 0 Å². The van der Waals surface area contributed by atoms with E-state index in [-0.39, 0.29) is 11.7 Å². The molecule has 0 aromatic heterocycles. The Hall–Kier alpha value is -0.0800. The third-order valence-electron chi connectivity index (χ3n) is 2.78. The molecule has 0 saturated heterocycles. The molecule has 66 valence electrons. The maximum atomic E-state index is 9.69. The lowest BCUT2D eigenvalue weighted by Gasteiger charge is -2.44. The van der Waals surface area contributed by atoms with Crippen LogP contribution >= 0.6 is 0 Å². The van der Waals surface area contributed by atoms with Gasteiger partial charge in [-0.1, -0.05) is 13.3 Å². The van der Waals surface area contributed by atoms with Crippen molar-refractivity contribution in [2.75, 3.05) is 7.11 Å². The zero-order chi connectivity index (χ0) is 8.32. The van der Waals surface area contributed by atoms with Crippen molar-refractivity contribution in [1.29, 1.82) is 0 Å². The Morgan fingerprint density at radius 2 is 2.18 bits per heavy atom. The summed E-state index contributed by atoms with van der Waals surface area (Å²) in [7, 11) is 1.71. The summed E-state index contributed by atoms with van der Waals surface area (Å²) in [5.74, 6) is 0. The van der Waals surface area contributed by atoms with Gasteiger partial charge in [0.25, 0.3) is 0 Å². The highest BCUT2D eigenvalue weighted by atomic mass is 16.5. The summed E-state index contributed by atoms with van der Waals surface area (Å²) in [4.78, 5) is 0. The molecular weight excluding hydrogens is 140 g/mol. The molecule has 0 bridgehead atoms. The van der Waals surface area contributed by atoms with Crippen molar-refractivity contribution in [2.24, 2.45) is 0 Å². The standard InChI is InChI=1S/C9H18O2/c1-3-5-8(10)9(11-2)6-4-7-9/h8,10H,3-7H2,1-2H3. The molecule has 0 heterocycles. The molecule has 0 aromatic rings. The van der Waals surface area contributed by atoms with E-state index in [0.717, 1.165) is 25.7 Å². The van der Waals surface area contributed by atoms with Gasteiger partial charge in [-0.05, 0) is 25.7 Å². The van der Waals surface area contributed by atoms with E-state index >= 15 is 0 Å². The summed E-state index contributed by atoms with van der Waals surface area (Å²) in [6, 6.07) is 0. The topological polar surface area (TPSA) is 29.5 Å². The van der Waals surface area contributed by atoms with Gasteiger partial charge in [-0.3, -0.25) is 0 Å². The molecule has 1 saturated carbocycles. The lowest BCUT2D eigenvalue weighted by Crippen LogP contribution is -2.49. The highest BCUT2D eigenvalue weighted by molar-refractivity contribution is 4.95. The minimum Gasteiger partial charge on any atom is -0.390 e. The second kappa shape index (κ2) is 3.55. The van der Waals surface area contributed by atoms with Crippen molar-refractivity contribution in [3.8, 4) is 0 Å². The lowest BCUT2D eigenvalue weighted by molar-refractivity contribution is -0.151. The Morgan fingerprint density at radius 1 is 1.55 bits per heavy atom. The number of rotatable bonds is 4. The smallest absolute Gasteiger partial charge is 0.0936 e. The van der Waals surface area contributed by atoms with Crippen molar-refractivity contribution in [3.63, 3.8) is 0 Å². The third-order valence-corrected chi connectivity index (χ3v) is 2.78. The minimum atomic E-state index is -0.244. The van der Waals surface area contributed by atoms with E-state index in [2.05, 4.69) is 6.92 Å². The van der Waals surface area contributed by atoms with Crippen LogP contribution in [0.2, 0.25) is 0 Å². The van der Waals surface area contributed by atoms with E-state index in [4.69, 9.17) is 4.74 Å². The molecule has 1 unspecified atom stereocenters. The molecule has 0 aromatic carbocycles. The molecule has 1 aliphatic rings. The molecular formula is C9H18O2. The van der Waals surface area contributed by atoms with Crippen LogP contribution in [0.3, 0.4) is 0 Å². The van der Waals surface area contributed by atoms with Crippen molar-refractivity contribution in [2.45, 2.75) is 50.7 Å². The monoisotopic (exact) mass is 158 g/mol. The molecule has 11 heavy (non-hydrogen) atoms. The fraction of sp³-hybridized carbons (Fsp3) is 1.00. The Morgan fingerprint density at radius 3 is 2.45 bits per heavy atom. The van der Waals surface area contributed by atoms with Gasteiger partial charge >= 0.3 is 0 Å². The lowest BCUT2D eigenvalue weighted by atomic mass is 9.74. The van der Waals surface area contributed by atoms with Gasteiger partial charge in [0, 0.05) is 7.11 Å². The average molecular weight is 158 g/mol. The van der Waals surface area contributed by atoms with Gasteiger partial charge in [0.15, 0.2) is 0 Å². The first kappa shape index (κ1) is 9.01. The average Bonchev–Trinajstić information content (AvgIpc) is 1.87. The van der Waals surface area contributed by atoms with E-state index in [0.29, 0.717) is 0 Å². The molecule has 1 aliphatic carbocycles. The van der Waals surface area contributed by atoms with Crippen LogP contribution in [-0.2, 0) is 4.74 Å². The van der Waals surface area contributed by atoms with Crippen molar-refractivity contribution in [1.82, 2.24) is 0 Å². The van der Waals surface area contributed by atoms with Crippen molar-refractivity contribution >= 4 is 0 Å². The number of ether oxygens (including phenoxy) is 1. The van der Waals surface area contributed by atoms with E-state index < -0.39 is 0 Å². The predicted octanol–water partition coefficient (Wildman–Crippen LogP) is 1.72. The molecule has 0 spiro atoms. The molecule has 0 aliphatic heterocycles. The third kappa shape index (κ3) is 1.57. The number of hydrogen-bond acceptors (Lipinski definition) is 2. The molecule has 1 atom stereocenters. The predicted molar refractivity (Wildman–Crippen MR) is 44.5 cm³/mol. The largest absolute Gasteiger partial charge is 0.390 e. The van der Waals surface area contributed by atoms with Gasteiger partial charge in [0.1, 0.15) is 0 Å². The van der Waals surface area contributed by atoms with E-state index in [1.165, 1.54) is 6.42 Å². The first-order valence-electron chi connectivity index (χ1n) is 4.48. The Balaban J connectivity index is 2.40. The number of hydrogen-bond donors (Lipinski definition) is 1. The van der Waals surface area contributed by atoms with Crippen LogP contribution in [0.1, 0.15) is 39.0 Å². The van der Waals surface area contributed by atoms with E-state index in [9.17, 15) is 5.11 Å². The summed E-state index contributed by atoms with van der Waals surface area (Å²) in [5.41, 5.74) is -0.171. The summed E-state index contributed by atoms with van der Waals surface area (Å²) in [6.07, 6.45) is 4.93. The molecule has 2 nitrogen and oxygen atoms in total. The van der Waals surface area contributed by atoms with Crippen LogP contribution in [0.15, 0.2) is 0 Å². The van der Waals surface area contributed by atoms with Crippen LogP contribution in [0, 0.1) is 0 Å². The second-order valence-corrected chi connectivity index (χ2v) is 3.43. The fourth-order valence-corrected chi connectivity index (χ4v) is 1.74. The first-order valence-corrected chi connectivity index (χ1v) is 4.48. The first-order chi connectivity index (χ1) is 5.25. The van der Waals surface area contributed by atoms with Crippen molar-refractivity contribution < 1.29 is 9.84 Å². The fourth-order valence-electron chi connectivity index (χ4n) is 1.74.